The van der Waals surface area contributed by atoms with E-state index in [1.54, 1.807) is 23.1 Å². The fourth-order valence-corrected chi connectivity index (χ4v) is 4.72. The maximum absolute atomic E-state index is 12.7. The van der Waals surface area contributed by atoms with Crippen LogP contribution in [0, 0.1) is 0 Å². The minimum absolute atomic E-state index is 0.0184. The number of fused-ring (bicyclic) bond motifs is 1. The number of carbonyl (C=O) groups excluding carboxylic acids is 2. The third-order valence-electron chi connectivity index (χ3n) is 6.12. The zero-order chi connectivity index (χ0) is 22.2. The van der Waals surface area contributed by atoms with E-state index in [-0.39, 0.29) is 18.1 Å². The van der Waals surface area contributed by atoms with Gasteiger partial charge < -0.3 is 9.64 Å². The molecule has 6 heteroatoms. The minimum atomic E-state index is -0.616. The van der Waals surface area contributed by atoms with Gasteiger partial charge in [0.2, 0.25) is 5.91 Å². The van der Waals surface area contributed by atoms with Crippen molar-refractivity contribution in [2.24, 2.45) is 0 Å². The highest BCUT2D eigenvalue weighted by Gasteiger charge is 2.44. The number of carbonyl (C=O) groups is 2. The van der Waals surface area contributed by atoms with Crippen LogP contribution in [0.2, 0.25) is 10.0 Å². The molecule has 1 amide bonds. The maximum atomic E-state index is 12.7. The van der Waals surface area contributed by atoms with E-state index in [4.69, 9.17) is 27.9 Å². The molecule has 2 aromatic rings. The molecule has 0 bridgehead atoms. The monoisotopic (exact) mass is 457 g/mol. The lowest BCUT2D eigenvalue weighted by molar-refractivity contribution is -0.129. The fraction of sp³-hybridized carbons (Fsp3) is 0.360. The third kappa shape index (κ3) is 4.65. The van der Waals surface area contributed by atoms with Crippen LogP contribution in [0.4, 0.5) is 0 Å². The molecular formula is C25H25Cl2NO3. The number of amides is 1. The van der Waals surface area contributed by atoms with Gasteiger partial charge in [-0.15, -0.1) is 0 Å². The highest BCUT2D eigenvalue weighted by molar-refractivity contribution is 6.36. The third-order valence-corrected chi connectivity index (χ3v) is 6.62. The molecule has 0 unspecified atom stereocenters. The average Bonchev–Trinajstić information content (AvgIpc) is 2.74. The highest BCUT2D eigenvalue weighted by atomic mass is 35.5. The lowest BCUT2D eigenvalue weighted by atomic mass is 9.82. The fourth-order valence-electron chi connectivity index (χ4n) is 4.19. The van der Waals surface area contributed by atoms with Crippen LogP contribution >= 0.6 is 23.2 Å². The molecule has 1 fully saturated rings. The van der Waals surface area contributed by atoms with Crippen LogP contribution in [0.25, 0.3) is 6.08 Å². The lowest BCUT2D eigenvalue weighted by Gasteiger charge is -2.44. The van der Waals surface area contributed by atoms with Crippen molar-refractivity contribution in [1.82, 2.24) is 4.90 Å². The highest BCUT2D eigenvalue weighted by Crippen LogP contribution is 2.44. The van der Waals surface area contributed by atoms with Crippen molar-refractivity contribution in [3.8, 4) is 5.75 Å². The molecule has 2 aromatic carbocycles. The molecular weight excluding hydrogens is 433 g/mol. The van der Waals surface area contributed by atoms with Gasteiger partial charge in [0.1, 0.15) is 11.4 Å². The Morgan fingerprint density at radius 3 is 2.45 bits per heavy atom. The number of piperidine rings is 1. The second-order valence-corrected chi connectivity index (χ2v) is 9.47. The number of hydrogen-bond donors (Lipinski definition) is 0. The molecule has 31 heavy (non-hydrogen) atoms. The predicted molar refractivity (Wildman–Crippen MR) is 124 cm³/mol. The topological polar surface area (TPSA) is 46.6 Å². The Morgan fingerprint density at radius 2 is 1.81 bits per heavy atom. The molecule has 2 heterocycles. The van der Waals surface area contributed by atoms with Crippen LogP contribution in [-0.2, 0) is 4.79 Å². The number of hydrogen-bond acceptors (Lipinski definition) is 3. The molecule has 0 radical (unpaired) electrons. The van der Waals surface area contributed by atoms with Gasteiger partial charge in [0.05, 0.1) is 17.0 Å². The maximum Gasteiger partial charge on any atom is 0.246 e. The van der Waals surface area contributed by atoms with Crippen LogP contribution in [-0.4, -0.2) is 35.3 Å². The number of halogens is 2. The van der Waals surface area contributed by atoms with Crippen molar-refractivity contribution in [3.63, 3.8) is 0 Å². The Kier molecular flexibility index (Phi) is 6.14. The first-order valence-corrected chi connectivity index (χ1v) is 11.3. The van der Waals surface area contributed by atoms with Gasteiger partial charge >= 0.3 is 0 Å². The van der Waals surface area contributed by atoms with Gasteiger partial charge in [0.25, 0.3) is 0 Å². The van der Waals surface area contributed by atoms with E-state index >= 15 is 0 Å². The summed E-state index contributed by atoms with van der Waals surface area (Å²) < 4.78 is 6.24. The Hall–Kier alpha value is -2.30. The number of likely N-dealkylation sites (tertiary alicyclic amines) is 1. The van der Waals surface area contributed by atoms with Gasteiger partial charge in [-0.3, -0.25) is 9.59 Å². The van der Waals surface area contributed by atoms with Crippen LogP contribution < -0.4 is 4.74 Å². The van der Waals surface area contributed by atoms with Crippen molar-refractivity contribution in [1.29, 1.82) is 0 Å². The molecule has 0 aliphatic carbocycles. The van der Waals surface area contributed by atoms with E-state index in [0.717, 1.165) is 5.56 Å². The van der Waals surface area contributed by atoms with E-state index in [0.29, 0.717) is 53.2 Å². The number of Topliss-reactive ketones (excluding diaryl/α,β-unsaturated/α-hetero) is 1. The van der Waals surface area contributed by atoms with Crippen LogP contribution in [0.3, 0.4) is 0 Å². The summed E-state index contributed by atoms with van der Waals surface area (Å²) in [6, 6.07) is 11.4. The van der Waals surface area contributed by atoms with Crippen molar-refractivity contribution >= 4 is 41.0 Å². The Labute approximate surface area is 192 Å². The standard InChI is InChI=1S/C25H25Cl2NO3/c1-16(2)18-6-3-17(4-7-18)5-8-23(30)28-11-9-25(10-12-28)15-22(29)20-13-19(26)14-21(27)24(20)31-25/h3-8,13-14,16H,9-12,15H2,1-2H3/b8-5+. The molecule has 0 atom stereocenters. The normalized spacial score (nSPS) is 17.8. The van der Waals surface area contributed by atoms with Gasteiger partial charge in [-0.1, -0.05) is 61.3 Å². The second-order valence-electron chi connectivity index (χ2n) is 8.63. The minimum Gasteiger partial charge on any atom is -0.484 e. The summed E-state index contributed by atoms with van der Waals surface area (Å²) in [5.41, 5.74) is 2.09. The van der Waals surface area contributed by atoms with Crippen molar-refractivity contribution in [2.45, 2.75) is 44.6 Å². The summed E-state index contributed by atoms with van der Waals surface area (Å²) in [7, 11) is 0. The van der Waals surface area contributed by atoms with E-state index < -0.39 is 5.60 Å². The summed E-state index contributed by atoms with van der Waals surface area (Å²) >= 11 is 12.3. The first-order chi connectivity index (χ1) is 14.8. The summed E-state index contributed by atoms with van der Waals surface area (Å²) in [6.07, 6.45) is 4.90. The number of nitrogens with zero attached hydrogens (tertiary/aromatic N) is 1. The largest absolute Gasteiger partial charge is 0.484 e. The lowest BCUT2D eigenvalue weighted by Crippen LogP contribution is -2.52. The predicted octanol–water partition coefficient (Wildman–Crippen LogP) is 6.16. The molecule has 0 aromatic heterocycles. The number of rotatable bonds is 3. The summed E-state index contributed by atoms with van der Waals surface area (Å²) in [4.78, 5) is 27.2. The molecule has 2 aliphatic heterocycles. The Balaban J connectivity index is 1.40. The number of ether oxygens (including phenoxy) is 1. The van der Waals surface area contributed by atoms with Crippen molar-refractivity contribution in [3.05, 3.63) is 69.2 Å². The number of benzene rings is 2. The summed E-state index contributed by atoms with van der Waals surface area (Å²) in [6.45, 7) is 5.37. The molecule has 162 valence electrons. The van der Waals surface area contributed by atoms with Crippen LogP contribution in [0.15, 0.2) is 42.5 Å². The Bertz CT molecular complexity index is 1040. The molecule has 2 aliphatic rings. The molecule has 4 rings (SSSR count). The van der Waals surface area contributed by atoms with Gasteiger partial charge in [-0.25, -0.2) is 0 Å². The smallest absolute Gasteiger partial charge is 0.246 e. The van der Waals surface area contributed by atoms with Gasteiger partial charge in [-0.2, -0.15) is 0 Å². The van der Waals surface area contributed by atoms with Gasteiger partial charge in [0.15, 0.2) is 5.78 Å². The first kappa shape index (κ1) is 21.9. The van der Waals surface area contributed by atoms with E-state index in [1.165, 1.54) is 5.56 Å². The van der Waals surface area contributed by atoms with E-state index in [1.807, 2.05) is 18.2 Å². The van der Waals surface area contributed by atoms with Crippen molar-refractivity contribution in [2.75, 3.05) is 13.1 Å². The van der Waals surface area contributed by atoms with Crippen LogP contribution in [0.5, 0.6) is 5.75 Å². The SMILES string of the molecule is CC(C)c1ccc(/C=C/C(=O)N2CCC3(CC2)CC(=O)c2cc(Cl)cc(Cl)c2O3)cc1. The average molecular weight is 458 g/mol. The van der Waals surface area contributed by atoms with E-state index in [9.17, 15) is 9.59 Å². The van der Waals surface area contributed by atoms with Gasteiger partial charge in [0, 0.05) is 37.0 Å². The zero-order valence-corrected chi connectivity index (χ0v) is 19.2. The summed E-state index contributed by atoms with van der Waals surface area (Å²) in [5, 5.41) is 0.766. The Morgan fingerprint density at radius 1 is 1.13 bits per heavy atom. The first-order valence-electron chi connectivity index (χ1n) is 10.5. The molecule has 1 spiro atoms. The van der Waals surface area contributed by atoms with Crippen LogP contribution in [0.1, 0.15) is 60.5 Å². The van der Waals surface area contributed by atoms with E-state index in [2.05, 4.69) is 26.0 Å². The second kappa shape index (κ2) is 8.68. The number of ketones is 1. The zero-order valence-electron chi connectivity index (χ0n) is 17.7. The molecule has 4 nitrogen and oxygen atoms in total. The van der Waals surface area contributed by atoms with Crippen molar-refractivity contribution < 1.29 is 14.3 Å². The summed E-state index contributed by atoms with van der Waals surface area (Å²) in [5.74, 6) is 0.838. The molecule has 1 saturated heterocycles. The molecule has 0 N–H and O–H groups in total. The molecule has 0 saturated carbocycles. The van der Waals surface area contributed by atoms with Gasteiger partial charge in [-0.05, 0) is 35.3 Å². The quantitative estimate of drug-likeness (QED) is 0.518.